The molecule has 7 heteroatoms. The van der Waals surface area contributed by atoms with Gasteiger partial charge in [0.15, 0.2) is 11.3 Å². The smallest absolute Gasteiger partial charge is 0.255 e. The molecule has 2 unspecified atom stereocenters. The van der Waals surface area contributed by atoms with Gasteiger partial charge in [-0.2, -0.15) is 0 Å². The molecule has 2 aromatic carbocycles. The summed E-state index contributed by atoms with van der Waals surface area (Å²) in [5, 5.41) is 6.66. The monoisotopic (exact) mass is 424 g/mol. The van der Waals surface area contributed by atoms with Crippen LogP contribution in [0, 0.1) is 5.92 Å². The minimum Gasteiger partial charge on any atom is -0.496 e. The zero-order chi connectivity index (χ0) is 22.5. The van der Waals surface area contributed by atoms with Crippen molar-refractivity contribution in [2.24, 2.45) is 5.92 Å². The van der Waals surface area contributed by atoms with Gasteiger partial charge < -0.3 is 24.5 Å². The third kappa shape index (κ3) is 4.82. The Balaban J connectivity index is 1.75. The summed E-state index contributed by atoms with van der Waals surface area (Å²) in [6.45, 7) is 5.59. The van der Waals surface area contributed by atoms with Gasteiger partial charge in [0, 0.05) is 5.39 Å². The largest absolute Gasteiger partial charge is 0.496 e. The van der Waals surface area contributed by atoms with E-state index in [1.807, 2.05) is 45.0 Å². The number of ether oxygens (including phenoxy) is 2. The lowest BCUT2D eigenvalue weighted by atomic mass is 10.0. The second-order valence-electron chi connectivity index (χ2n) is 7.65. The van der Waals surface area contributed by atoms with Gasteiger partial charge in [-0.25, -0.2) is 0 Å². The first-order chi connectivity index (χ1) is 14.8. The van der Waals surface area contributed by atoms with Gasteiger partial charge in [0.05, 0.1) is 25.8 Å². The zero-order valence-corrected chi connectivity index (χ0v) is 18.4. The Bertz CT molecular complexity index is 1070. The average Bonchev–Trinajstić information content (AvgIpc) is 3.21. The molecule has 0 saturated heterocycles. The number of nitrogens with one attached hydrogen (secondary N) is 2. The number of para-hydroxylation sites is 2. The zero-order valence-electron chi connectivity index (χ0n) is 18.4. The number of carbonyl (C=O) groups excluding carboxylic acids is 2. The molecule has 0 aliphatic heterocycles. The Morgan fingerprint density at radius 3 is 2.26 bits per heavy atom. The van der Waals surface area contributed by atoms with Crippen LogP contribution in [0.25, 0.3) is 11.0 Å². The van der Waals surface area contributed by atoms with Crippen LogP contribution in [0.3, 0.4) is 0 Å². The number of benzene rings is 2. The van der Waals surface area contributed by atoms with E-state index in [4.69, 9.17) is 13.9 Å². The van der Waals surface area contributed by atoms with E-state index >= 15 is 0 Å². The van der Waals surface area contributed by atoms with Crippen LogP contribution in [0.1, 0.15) is 42.9 Å². The molecule has 1 aromatic heterocycles. The van der Waals surface area contributed by atoms with E-state index < -0.39 is 12.1 Å². The van der Waals surface area contributed by atoms with E-state index in [-0.39, 0.29) is 17.7 Å². The Morgan fingerprint density at radius 1 is 0.903 bits per heavy atom. The molecule has 0 fully saturated rings. The predicted octanol–water partition coefficient (Wildman–Crippen LogP) is 4.08. The third-order valence-corrected chi connectivity index (χ3v) is 5.12. The molecule has 3 aromatic rings. The molecule has 0 radical (unpaired) electrons. The summed E-state index contributed by atoms with van der Waals surface area (Å²) in [7, 11) is 3.09. The van der Waals surface area contributed by atoms with Crippen molar-refractivity contribution in [1.82, 2.24) is 10.6 Å². The number of furan rings is 1. The third-order valence-electron chi connectivity index (χ3n) is 5.12. The SMILES string of the molecule is COc1ccccc1C(=O)NC(C(=O)NC(C)c1cc2cccc(OC)c2o1)C(C)C. The molecule has 0 aliphatic rings. The van der Waals surface area contributed by atoms with Crippen LogP contribution in [0.15, 0.2) is 52.9 Å². The Morgan fingerprint density at radius 2 is 1.58 bits per heavy atom. The second-order valence-corrected chi connectivity index (χ2v) is 7.65. The van der Waals surface area contributed by atoms with Crippen LogP contribution in [0.5, 0.6) is 11.5 Å². The van der Waals surface area contributed by atoms with Gasteiger partial charge in [0.25, 0.3) is 5.91 Å². The van der Waals surface area contributed by atoms with Crippen molar-refractivity contribution in [3.63, 3.8) is 0 Å². The van der Waals surface area contributed by atoms with Crippen molar-refractivity contribution in [3.05, 3.63) is 59.9 Å². The number of carbonyl (C=O) groups is 2. The predicted molar refractivity (Wildman–Crippen MR) is 118 cm³/mol. The van der Waals surface area contributed by atoms with Crippen molar-refractivity contribution in [2.45, 2.75) is 32.9 Å². The minimum absolute atomic E-state index is 0.123. The maximum Gasteiger partial charge on any atom is 0.255 e. The Kier molecular flexibility index (Phi) is 6.84. The van der Waals surface area contributed by atoms with Crippen molar-refractivity contribution < 1.29 is 23.5 Å². The number of fused-ring (bicyclic) bond motifs is 1. The van der Waals surface area contributed by atoms with E-state index in [1.165, 1.54) is 7.11 Å². The summed E-state index contributed by atoms with van der Waals surface area (Å²) in [4.78, 5) is 25.8. The quantitative estimate of drug-likeness (QED) is 0.569. The number of methoxy groups -OCH3 is 2. The van der Waals surface area contributed by atoms with E-state index in [0.717, 1.165) is 5.39 Å². The second kappa shape index (κ2) is 9.55. The summed E-state index contributed by atoms with van der Waals surface area (Å²) in [6.07, 6.45) is 0. The summed E-state index contributed by atoms with van der Waals surface area (Å²) >= 11 is 0. The van der Waals surface area contributed by atoms with Crippen molar-refractivity contribution >= 4 is 22.8 Å². The van der Waals surface area contributed by atoms with Crippen molar-refractivity contribution in [3.8, 4) is 11.5 Å². The van der Waals surface area contributed by atoms with Crippen LogP contribution in [-0.2, 0) is 4.79 Å². The molecule has 0 spiro atoms. The van der Waals surface area contributed by atoms with Crippen molar-refractivity contribution in [1.29, 1.82) is 0 Å². The van der Waals surface area contributed by atoms with Crippen LogP contribution < -0.4 is 20.1 Å². The maximum atomic E-state index is 13.0. The molecule has 0 saturated carbocycles. The number of hydrogen-bond acceptors (Lipinski definition) is 5. The Labute approximate surface area is 181 Å². The van der Waals surface area contributed by atoms with Gasteiger partial charge >= 0.3 is 0 Å². The molecule has 2 N–H and O–H groups in total. The first-order valence-electron chi connectivity index (χ1n) is 10.2. The van der Waals surface area contributed by atoms with Gasteiger partial charge in [-0.1, -0.05) is 38.1 Å². The molecule has 2 atom stereocenters. The first kappa shape index (κ1) is 22.2. The Hall–Kier alpha value is -3.48. The average molecular weight is 424 g/mol. The molecule has 164 valence electrons. The highest BCUT2D eigenvalue weighted by Crippen LogP contribution is 2.31. The normalized spacial score (nSPS) is 13.0. The van der Waals surface area contributed by atoms with Gasteiger partial charge in [-0.05, 0) is 37.1 Å². The van der Waals surface area contributed by atoms with Gasteiger partial charge in [-0.15, -0.1) is 0 Å². The van der Waals surface area contributed by atoms with E-state index in [1.54, 1.807) is 31.4 Å². The fraction of sp³-hybridized carbons (Fsp3) is 0.333. The minimum atomic E-state index is -0.723. The molecular weight excluding hydrogens is 396 g/mol. The van der Waals surface area contributed by atoms with Crippen LogP contribution >= 0.6 is 0 Å². The van der Waals surface area contributed by atoms with Gasteiger partial charge in [0.1, 0.15) is 17.6 Å². The first-order valence-corrected chi connectivity index (χ1v) is 10.2. The summed E-state index contributed by atoms with van der Waals surface area (Å²) in [5.41, 5.74) is 1.01. The molecule has 1 heterocycles. The fourth-order valence-corrected chi connectivity index (χ4v) is 3.39. The molecular formula is C24H28N2O5. The number of hydrogen-bond donors (Lipinski definition) is 2. The van der Waals surface area contributed by atoms with Crippen LogP contribution in [0.2, 0.25) is 0 Å². The molecule has 31 heavy (non-hydrogen) atoms. The molecule has 0 bridgehead atoms. The van der Waals surface area contributed by atoms with Gasteiger partial charge in [0.2, 0.25) is 5.91 Å². The summed E-state index contributed by atoms with van der Waals surface area (Å²) < 4.78 is 16.5. The lowest BCUT2D eigenvalue weighted by Crippen LogP contribution is -2.50. The summed E-state index contributed by atoms with van der Waals surface area (Å²) in [5.74, 6) is 0.901. The number of amides is 2. The number of rotatable bonds is 8. The van der Waals surface area contributed by atoms with E-state index in [0.29, 0.717) is 28.4 Å². The topological polar surface area (TPSA) is 89.8 Å². The van der Waals surface area contributed by atoms with Gasteiger partial charge in [-0.3, -0.25) is 9.59 Å². The lowest BCUT2D eigenvalue weighted by Gasteiger charge is -2.24. The van der Waals surface area contributed by atoms with E-state index in [2.05, 4.69) is 10.6 Å². The highest BCUT2D eigenvalue weighted by atomic mass is 16.5. The van der Waals surface area contributed by atoms with E-state index in [9.17, 15) is 9.59 Å². The highest BCUT2D eigenvalue weighted by Gasteiger charge is 2.27. The maximum absolute atomic E-state index is 13.0. The lowest BCUT2D eigenvalue weighted by molar-refractivity contribution is -0.124. The van der Waals surface area contributed by atoms with Crippen LogP contribution in [0.4, 0.5) is 0 Å². The molecule has 2 amide bonds. The van der Waals surface area contributed by atoms with Crippen molar-refractivity contribution in [2.75, 3.05) is 14.2 Å². The van der Waals surface area contributed by atoms with Crippen LogP contribution in [-0.4, -0.2) is 32.1 Å². The summed E-state index contributed by atoms with van der Waals surface area (Å²) in [6, 6.07) is 13.3. The molecule has 0 aliphatic carbocycles. The fourth-order valence-electron chi connectivity index (χ4n) is 3.39. The molecule has 3 rings (SSSR count). The highest BCUT2D eigenvalue weighted by molar-refractivity contribution is 5.99. The standard InChI is InChI=1S/C24H28N2O5/c1-14(2)21(26-23(27)17-10-6-7-11-18(17)29-4)24(28)25-15(3)20-13-16-9-8-12-19(30-5)22(16)31-20/h6-15,21H,1-5H3,(H,25,28)(H,26,27). The molecule has 7 nitrogen and oxygen atoms in total.